The van der Waals surface area contributed by atoms with E-state index >= 15 is 0 Å². The average Bonchev–Trinajstić information content (AvgIpc) is 2.52. The van der Waals surface area contributed by atoms with Gasteiger partial charge in [-0.2, -0.15) is 5.48 Å². The highest BCUT2D eigenvalue weighted by molar-refractivity contribution is 4.99. The van der Waals surface area contributed by atoms with Gasteiger partial charge in [-0.05, 0) is 39.8 Å². The van der Waals surface area contributed by atoms with Crippen LogP contribution in [0.2, 0.25) is 0 Å². The second kappa shape index (κ2) is 4.62. The van der Waals surface area contributed by atoms with Crippen molar-refractivity contribution in [2.45, 2.75) is 45.8 Å². The average molecular weight is 197 g/mol. The van der Waals surface area contributed by atoms with Gasteiger partial charge in [0.25, 0.3) is 0 Å². The van der Waals surface area contributed by atoms with Gasteiger partial charge in [-0.1, -0.05) is 0 Å². The second-order valence-corrected chi connectivity index (χ2v) is 4.52. The van der Waals surface area contributed by atoms with Crippen molar-refractivity contribution in [3.63, 3.8) is 0 Å². The predicted octanol–water partition coefficient (Wildman–Crippen LogP) is 2.53. The maximum atomic E-state index is 5.45. The Morgan fingerprint density at radius 2 is 2.21 bits per heavy atom. The molecule has 0 aliphatic carbocycles. The largest absolute Gasteiger partial charge is 0.469 e. The molecule has 1 rings (SSSR count). The van der Waals surface area contributed by atoms with E-state index < -0.39 is 0 Å². The number of nitrogens with one attached hydrogen (secondary N) is 1. The fraction of sp³-hybridized carbons (Fsp3) is 0.636. The molecule has 0 amide bonds. The molecule has 1 heterocycles. The Morgan fingerprint density at radius 3 is 2.71 bits per heavy atom. The fourth-order valence-corrected chi connectivity index (χ4v) is 1.05. The van der Waals surface area contributed by atoms with Crippen LogP contribution in [-0.4, -0.2) is 11.6 Å². The third-order valence-electron chi connectivity index (χ3n) is 1.65. The van der Waals surface area contributed by atoms with E-state index in [-0.39, 0.29) is 11.6 Å². The van der Waals surface area contributed by atoms with Crippen LogP contribution in [0.1, 0.15) is 33.5 Å². The van der Waals surface area contributed by atoms with E-state index in [1.54, 1.807) is 6.26 Å². The Morgan fingerprint density at radius 1 is 1.50 bits per heavy atom. The standard InChI is InChI=1S/C11H19NO2/c1-9(12-14-11(2,3)4)8-10-6-5-7-13-10/h5-7,9,12H,8H2,1-4H3. The lowest BCUT2D eigenvalue weighted by molar-refractivity contribution is -0.0862. The molecule has 0 saturated carbocycles. The lowest BCUT2D eigenvalue weighted by Crippen LogP contribution is -2.36. The third-order valence-corrected chi connectivity index (χ3v) is 1.65. The topological polar surface area (TPSA) is 34.4 Å². The summed E-state index contributed by atoms with van der Waals surface area (Å²) in [6.45, 7) is 8.10. The molecular weight excluding hydrogens is 178 g/mol. The first kappa shape index (κ1) is 11.3. The van der Waals surface area contributed by atoms with E-state index in [9.17, 15) is 0 Å². The second-order valence-electron chi connectivity index (χ2n) is 4.52. The van der Waals surface area contributed by atoms with Crippen molar-refractivity contribution in [2.24, 2.45) is 0 Å². The molecule has 80 valence electrons. The highest BCUT2D eigenvalue weighted by atomic mass is 16.7. The van der Waals surface area contributed by atoms with E-state index in [0.29, 0.717) is 0 Å². The molecule has 0 aliphatic heterocycles. The highest BCUT2D eigenvalue weighted by Crippen LogP contribution is 2.07. The van der Waals surface area contributed by atoms with Crippen molar-refractivity contribution in [1.82, 2.24) is 5.48 Å². The molecule has 1 N–H and O–H groups in total. The SMILES string of the molecule is CC(Cc1ccco1)NOC(C)(C)C. The summed E-state index contributed by atoms with van der Waals surface area (Å²) in [5, 5.41) is 0. The number of hydrogen-bond donors (Lipinski definition) is 1. The zero-order chi connectivity index (χ0) is 10.6. The molecule has 0 saturated heterocycles. The molecule has 0 radical (unpaired) electrons. The lowest BCUT2D eigenvalue weighted by atomic mass is 10.2. The molecule has 1 aromatic rings. The van der Waals surface area contributed by atoms with Crippen molar-refractivity contribution in [1.29, 1.82) is 0 Å². The molecule has 0 fully saturated rings. The van der Waals surface area contributed by atoms with Gasteiger partial charge in [0.15, 0.2) is 0 Å². The molecule has 0 spiro atoms. The van der Waals surface area contributed by atoms with E-state index in [1.807, 2.05) is 32.9 Å². The monoisotopic (exact) mass is 197 g/mol. The van der Waals surface area contributed by atoms with Crippen molar-refractivity contribution < 1.29 is 9.25 Å². The van der Waals surface area contributed by atoms with Crippen LogP contribution in [0.3, 0.4) is 0 Å². The van der Waals surface area contributed by atoms with E-state index in [2.05, 4.69) is 12.4 Å². The smallest absolute Gasteiger partial charge is 0.105 e. The van der Waals surface area contributed by atoms with Gasteiger partial charge in [-0.25, -0.2) is 0 Å². The van der Waals surface area contributed by atoms with Crippen LogP contribution in [0.4, 0.5) is 0 Å². The normalized spacial score (nSPS) is 14.3. The van der Waals surface area contributed by atoms with Gasteiger partial charge in [-0.15, -0.1) is 0 Å². The Labute approximate surface area is 85.4 Å². The van der Waals surface area contributed by atoms with E-state index in [4.69, 9.17) is 9.25 Å². The van der Waals surface area contributed by atoms with Crippen LogP contribution in [0.25, 0.3) is 0 Å². The van der Waals surface area contributed by atoms with Gasteiger partial charge >= 0.3 is 0 Å². The molecule has 0 aliphatic rings. The molecule has 0 bridgehead atoms. The maximum Gasteiger partial charge on any atom is 0.105 e. The van der Waals surface area contributed by atoms with Crippen LogP contribution in [-0.2, 0) is 11.3 Å². The Bertz CT molecular complexity index is 249. The van der Waals surface area contributed by atoms with Crippen molar-refractivity contribution in [3.8, 4) is 0 Å². The summed E-state index contributed by atoms with van der Waals surface area (Å²) in [6, 6.07) is 4.11. The number of hydrogen-bond acceptors (Lipinski definition) is 3. The van der Waals surface area contributed by atoms with Crippen LogP contribution < -0.4 is 5.48 Å². The van der Waals surface area contributed by atoms with Crippen LogP contribution in [0.15, 0.2) is 22.8 Å². The quantitative estimate of drug-likeness (QED) is 0.753. The van der Waals surface area contributed by atoms with Gasteiger partial charge < -0.3 is 4.42 Å². The summed E-state index contributed by atoms with van der Waals surface area (Å²) >= 11 is 0. The zero-order valence-electron chi connectivity index (χ0n) is 9.33. The lowest BCUT2D eigenvalue weighted by Gasteiger charge is -2.22. The summed E-state index contributed by atoms with van der Waals surface area (Å²) < 4.78 is 5.24. The molecule has 14 heavy (non-hydrogen) atoms. The summed E-state index contributed by atoms with van der Waals surface area (Å²) in [5.74, 6) is 0.975. The van der Waals surface area contributed by atoms with Crippen molar-refractivity contribution >= 4 is 0 Å². The predicted molar refractivity (Wildman–Crippen MR) is 55.8 cm³/mol. The zero-order valence-corrected chi connectivity index (χ0v) is 9.33. The minimum absolute atomic E-state index is 0.155. The van der Waals surface area contributed by atoms with Crippen molar-refractivity contribution in [2.75, 3.05) is 0 Å². The molecule has 1 atom stereocenters. The van der Waals surface area contributed by atoms with Gasteiger partial charge in [-0.3, -0.25) is 4.84 Å². The first-order valence-electron chi connectivity index (χ1n) is 4.93. The van der Waals surface area contributed by atoms with Gasteiger partial charge in [0, 0.05) is 12.5 Å². The molecule has 1 aromatic heterocycles. The summed E-state index contributed by atoms with van der Waals surface area (Å²) in [5.41, 5.74) is 2.85. The number of furan rings is 1. The van der Waals surface area contributed by atoms with Crippen LogP contribution in [0.5, 0.6) is 0 Å². The van der Waals surface area contributed by atoms with Gasteiger partial charge in [0.2, 0.25) is 0 Å². The minimum Gasteiger partial charge on any atom is -0.469 e. The fourth-order valence-electron chi connectivity index (χ4n) is 1.05. The summed E-state index contributed by atoms with van der Waals surface area (Å²) in [4.78, 5) is 5.45. The van der Waals surface area contributed by atoms with Crippen molar-refractivity contribution in [3.05, 3.63) is 24.2 Å². The first-order valence-corrected chi connectivity index (χ1v) is 4.93. The Hall–Kier alpha value is -0.800. The first-order chi connectivity index (χ1) is 6.47. The molecular formula is C11H19NO2. The molecule has 3 heteroatoms. The highest BCUT2D eigenvalue weighted by Gasteiger charge is 2.13. The summed E-state index contributed by atoms with van der Waals surface area (Å²) in [6.07, 6.45) is 2.52. The minimum atomic E-state index is -0.155. The molecule has 0 aromatic carbocycles. The number of hydroxylamine groups is 1. The molecule has 1 unspecified atom stereocenters. The van der Waals surface area contributed by atoms with E-state index in [0.717, 1.165) is 12.2 Å². The Balaban J connectivity index is 2.26. The maximum absolute atomic E-state index is 5.45. The Kier molecular flexibility index (Phi) is 3.72. The molecule has 3 nitrogen and oxygen atoms in total. The van der Waals surface area contributed by atoms with E-state index in [1.165, 1.54) is 0 Å². The van der Waals surface area contributed by atoms with Crippen LogP contribution in [0, 0.1) is 0 Å². The number of rotatable bonds is 4. The third kappa shape index (κ3) is 4.44. The van der Waals surface area contributed by atoms with Gasteiger partial charge in [0.05, 0.1) is 11.9 Å². The van der Waals surface area contributed by atoms with Crippen LogP contribution >= 0.6 is 0 Å². The summed E-state index contributed by atoms with van der Waals surface area (Å²) in [7, 11) is 0. The van der Waals surface area contributed by atoms with Gasteiger partial charge in [0.1, 0.15) is 5.76 Å².